The van der Waals surface area contributed by atoms with Crippen LogP contribution >= 0.6 is 0 Å². The van der Waals surface area contributed by atoms with E-state index in [0.717, 1.165) is 38.2 Å². The van der Waals surface area contributed by atoms with Crippen LogP contribution in [0.2, 0.25) is 0 Å². The summed E-state index contributed by atoms with van der Waals surface area (Å²) < 4.78 is 11.4. The van der Waals surface area contributed by atoms with E-state index >= 15 is 0 Å². The molecule has 20 heavy (non-hydrogen) atoms. The molecule has 1 heterocycles. The highest BCUT2D eigenvalue weighted by molar-refractivity contribution is 5.37. The van der Waals surface area contributed by atoms with Crippen LogP contribution in [-0.2, 0) is 4.74 Å². The van der Waals surface area contributed by atoms with Crippen LogP contribution in [0.3, 0.4) is 0 Å². The summed E-state index contributed by atoms with van der Waals surface area (Å²) >= 11 is 0. The maximum absolute atomic E-state index is 5.76. The number of ether oxygens (including phenoxy) is 2. The summed E-state index contributed by atoms with van der Waals surface area (Å²) in [5.41, 5.74) is 1.35. The van der Waals surface area contributed by atoms with Gasteiger partial charge in [-0.3, -0.25) is 0 Å². The van der Waals surface area contributed by atoms with Crippen molar-refractivity contribution in [2.45, 2.75) is 51.2 Å². The van der Waals surface area contributed by atoms with Gasteiger partial charge in [0.2, 0.25) is 0 Å². The molecule has 0 fully saturated rings. The molecular formula is C17H27NO2. The van der Waals surface area contributed by atoms with Crippen LogP contribution in [0.25, 0.3) is 0 Å². The van der Waals surface area contributed by atoms with Crippen LogP contribution in [0.1, 0.15) is 44.6 Å². The van der Waals surface area contributed by atoms with Crippen molar-refractivity contribution in [3.8, 4) is 5.75 Å². The maximum atomic E-state index is 5.76. The Hall–Kier alpha value is -1.06. The third-order valence-electron chi connectivity index (χ3n) is 4.24. The van der Waals surface area contributed by atoms with Gasteiger partial charge in [-0.05, 0) is 43.4 Å². The minimum absolute atomic E-state index is 0.282. The molecule has 0 spiro atoms. The highest BCUT2D eigenvalue weighted by Crippen LogP contribution is 2.36. The fourth-order valence-corrected chi connectivity index (χ4v) is 3.21. The van der Waals surface area contributed by atoms with Crippen molar-refractivity contribution in [2.24, 2.45) is 0 Å². The van der Waals surface area contributed by atoms with Gasteiger partial charge < -0.3 is 14.8 Å². The number of para-hydroxylation sites is 1. The first kappa shape index (κ1) is 15.3. The molecule has 1 aromatic rings. The summed E-state index contributed by atoms with van der Waals surface area (Å²) in [7, 11) is 1.82. The molecule has 0 bridgehead atoms. The number of hydrogen-bond acceptors (Lipinski definition) is 3. The Kier molecular flexibility index (Phi) is 5.86. The zero-order valence-electron chi connectivity index (χ0n) is 12.9. The van der Waals surface area contributed by atoms with Crippen molar-refractivity contribution in [2.75, 3.05) is 20.3 Å². The minimum Gasteiger partial charge on any atom is -0.493 e. The fraction of sp³-hybridized carbons (Fsp3) is 0.647. The maximum Gasteiger partial charge on any atom is 0.122 e. The first-order valence-electron chi connectivity index (χ1n) is 7.78. The molecule has 0 radical (unpaired) electrons. The molecule has 0 aliphatic carbocycles. The van der Waals surface area contributed by atoms with Crippen LogP contribution in [0, 0.1) is 0 Å². The van der Waals surface area contributed by atoms with Crippen LogP contribution in [-0.4, -0.2) is 32.4 Å². The average molecular weight is 277 g/mol. The van der Waals surface area contributed by atoms with Crippen LogP contribution in [0.4, 0.5) is 0 Å². The minimum atomic E-state index is 0.282. The van der Waals surface area contributed by atoms with Crippen LogP contribution < -0.4 is 10.1 Å². The zero-order valence-corrected chi connectivity index (χ0v) is 12.9. The summed E-state index contributed by atoms with van der Waals surface area (Å²) in [6.07, 6.45) is 3.53. The Morgan fingerprint density at radius 3 is 2.85 bits per heavy atom. The first-order valence-corrected chi connectivity index (χ1v) is 7.78. The molecule has 1 N–H and O–H groups in total. The predicted molar refractivity (Wildman–Crippen MR) is 82.5 cm³/mol. The number of rotatable bonds is 7. The van der Waals surface area contributed by atoms with Gasteiger partial charge in [-0.1, -0.05) is 32.0 Å². The van der Waals surface area contributed by atoms with Crippen molar-refractivity contribution in [3.63, 3.8) is 0 Å². The lowest BCUT2D eigenvalue weighted by Crippen LogP contribution is -2.42. The van der Waals surface area contributed by atoms with Crippen molar-refractivity contribution in [1.29, 1.82) is 0 Å². The van der Waals surface area contributed by atoms with Crippen molar-refractivity contribution >= 4 is 0 Å². The topological polar surface area (TPSA) is 30.5 Å². The van der Waals surface area contributed by atoms with Gasteiger partial charge in [-0.2, -0.15) is 0 Å². The van der Waals surface area contributed by atoms with E-state index in [1.807, 2.05) is 13.2 Å². The molecule has 1 aliphatic heterocycles. The van der Waals surface area contributed by atoms with Crippen molar-refractivity contribution in [3.05, 3.63) is 29.8 Å². The zero-order chi connectivity index (χ0) is 14.4. The van der Waals surface area contributed by atoms with E-state index in [-0.39, 0.29) is 6.10 Å². The summed E-state index contributed by atoms with van der Waals surface area (Å²) in [6.45, 7) is 6.16. The third kappa shape index (κ3) is 3.53. The molecule has 0 amide bonds. The Morgan fingerprint density at radius 1 is 1.35 bits per heavy atom. The van der Waals surface area contributed by atoms with Gasteiger partial charge in [0.1, 0.15) is 5.75 Å². The normalized spacial score (nSPS) is 20.9. The van der Waals surface area contributed by atoms with Gasteiger partial charge in [-0.25, -0.2) is 0 Å². The van der Waals surface area contributed by atoms with Gasteiger partial charge >= 0.3 is 0 Å². The van der Waals surface area contributed by atoms with Crippen LogP contribution in [0.5, 0.6) is 5.75 Å². The third-order valence-corrected chi connectivity index (χ3v) is 4.24. The summed E-state index contributed by atoms with van der Waals surface area (Å²) in [6, 6.07) is 8.85. The SMILES string of the molecule is CCNC(CC1CCOc2ccccc21)C(CC)OC. The molecular weight excluding hydrogens is 250 g/mol. The lowest BCUT2D eigenvalue weighted by Gasteiger charge is -2.32. The van der Waals surface area contributed by atoms with Crippen molar-refractivity contribution < 1.29 is 9.47 Å². The largest absolute Gasteiger partial charge is 0.493 e. The van der Waals surface area contributed by atoms with Gasteiger partial charge in [0.15, 0.2) is 0 Å². The van der Waals surface area contributed by atoms with Gasteiger partial charge in [-0.15, -0.1) is 0 Å². The second-order valence-corrected chi connectivity index (χ2v) is 5.45. The van der Waals surface area contributed by atoms with Crippen LogP contribution in [0.15, 0.2) is 24.3 Å². The smallest absolute Gasteiger partial charge is 0.122 e. The average Bonchev–Trinajstić information content (AvgIpc) is 2.49. The fourth-order valence-electron chi connectivity index (χ4n) is 3.21. The lowest BCUT2D eigenvalue weighted by atomic mass is 9.85. The van der Waals surface area contributed by atoms with E-state index in [1.54, 1.807) is 0 Å². The van der Waals surface area contributed by atoms with E-state index < -0.39 is 0 Å². The number of likely N-dealkylation sites (N-methyl/N-ethyl adjacent to an activating group) is 1. The molecule has 112 valence electrons. The second-order valence-electron chi connectivity index (χ2n) is 5.45. The van der Waals surface area contributed by atoms with Crippen molar-refractivity contribution in [1.82, 2.24) is 5.32 Å². The summed E-state index contributed by atoms with van der Waals surface area (Å²) in [5, 5.41) is 3.60. The Balaban J connectivity index is 2.11. The molecule has 3 heteroatoms. The standard InChI is InChI=1S/C17H27NO2/c1-4-16(19-3)15(18-5-2)12-13-10-11-20-17-9-7-6-8-14(13)17/h6-9,13,15-16,18H,4-5,10-12H2,1-3H3. The Labute approximate surface area is 122 Å². The molecule has 0 aromatic heterocycles. The lowest BCUT2D eigenvalue weighted by molar-refractivity contribution is 0.0588. The summed E-state index contributed by atoms with van der Waals surface area (Å²) in [4.78, 5) is 0. The number of methoxy groups -OCH3 is 1. The van der Waals surface area contributed by atoms with E-state index in [2.05, 4.69) is 37.4 Å². The highest BCUT2D eigenvalue weighted by Gasteiger charge is 2.27. The van der Waals surface area contributed by atoms with Gasteiger partial charge in [0, 0.05) is 13.2 Å². The molecule has 3 unspecified atom stereocenters. The monoisotopic (exact) mass is 277 g/mol. The number of fused-ring (bicyclic) bond motifs is 1. The highest BCUT2D eigenvalue weighted by atomic mass is 16.5. The van der Waals surface area contributed by atoms with E-state index in [0.29, 0.717) is 12.0 Å². The van der Waals surface area contributed by atoms with Gasteiger partial charge in [0.25, 0.3) is 0 Å². The molecule has 1 aliphatic rings. The second kappa shape index (κ2) is 7.65. The molecule has 2 rings (SSSR count). The number of hydrogen-bond donors (Lipinski definition) is 1. The molecule has 0 saturated carbocycles. The predicted octanol–water partition coefficient (Wildman–Crippen LogP) is 3.35. The molecule has 0 saturated heterocycles. The van der Waals surface area contributed by atoms with Gasteiger partial charge in [0.05, 0.1) is 12.7 Å². The molecule has 3 nitrogen and oxygen atoms in total. The quantitative estimate of drug-likeness (QED) is 0.829. The van der Waals surface area contributed by atoms with E-state index in [1.165, 1.54) is 5.56 Å². The first-order chi connectivity index (χ1) is 9.80. The summed E-state index contributed by atoms with van der Waals surface area (Å²) in [5.74, 6) is 1.62. The van der Waals surface area contributed by atoms with E-state index in [9.17, 15) is 0 Å². The molecule has 1 aromatic carbocycles. The molecule has 3 atom stereocenters. The Bertz CT molecular complexity index is 404. The van der Waals surface area contributed by atoms with E-state index in [4.69, 9.17) is 9.47 Å². The number of nitrogens with one attached hydrogen (secondary N) is 1. The Morgan fingerprint density at radius 2 is 2.15 bits per heavy atom. The number of benzene rings is 1.